The molecule has 0 fully saturated rings. The molecule has 0 aliphatic carbocycles. The molecule has 6 heteroatoms. The van der Waals surface area contributed by atoms with Crippen LogP contribution >= 0.6 is 0 Å². The summed E-state index contributed by atoms with van der Waals surface area (Å²) in [5.74, 6) is 0. The highest BCUT2D eigenvalue weighted by Gasteiger charge is 2.06. The summed E-state index contributed by atoms with van der Waals surface area (Å²) >= 11 is 0. The van der Waals surface area contributed by atoms with E-state index in [4.69, 9.17) is 4.74 Å². The van der Waals surface area contributed by atoms with E-state index in [2.05, 4.69) is 33.8 Å². The molecule has 1 aromatic carbocycles. The molecule has 1 heterocycles. The fraction of sp³-hybridized carbons (Fsp3) is 0.462. The maximum atomic E-state index is 5.39. The first-order valence-corrected chi connectivity index (χ1v) is 6.39. The van der Waals surface area contributed by atoms with E-state index in [0.717, 1.165) is 23.5 Å². The van der Waals surface area contributed by atoms with E-state index < -0.39 is 0 Å². The predicted molar refractivity (Wildman–Crippen MR) is 73.5 cm³/mol. The van der Waals surface area contributed by atoms with Crippen LogP contribution in [0.15, 0.2) is 24.5 Å². The summed E-state index contributed by atoms with van der Waals surface area (Å²) in [6.07, 6.45) is 1.59. The Morgan fingerprint density at radius 2 is 2.26 bits per heavy atom. The normalized spacial score (nSPS) is 12.4. The monoisotopic (exact) mass is 261 g/mol. The molecule has 1 atom stereocenters. The summed E-state index contributed by atoms with van der Waals surface area (Å²) in [6.45, 7) is 7.57. The van der Waals surface area contributed by atoms with Crippen LogP contribution in [0, 0.1) is 6.92 Å². The molecule has 1 unspecified atom stereocenters. The Morgan fingerprint density at radius 3 is 2.89 bits per heavy atom. The third kappa shape index (κ3) is 3.51. The minimum Gasteiger partial charge on any atom is -0.380 e. The van der Waals surface area contributed by atoms with Crippen molar-refractivity contribution < 1.29 is 4.74 Å². The van der Waals surface area contributed by atoms with Crippen molar-refractivity contribution in [2.75, 3.05) is 18.5 Å². The summed E-state index contributed by atoms with van der Waals surface area (Å²) in [6, 6.07) is 6.38. The Bertz CT molecular complexity index is 512. The number of hydrogen-bond donors (Lipinski definition) is 1. The maximum absolute atomic E-state index is 5.39. The molecule has 0 saturated carbocycles. The first kappa shape index (κ1) is 13.5. The van der Waals surface area contributed by atoms with Gasteiger partial charge in [0.2, 0.25) is 0 Å². The summed E-state index contributed by atoms with van der Waals surface area (Å²) in [5, 5.41) is 14.6. The zero-order chi connectivity index (χ0) is 13.7. The largest absolute Gasteiger partial charge is 0.380 e. The highest BCUT2D eigenvalue weighted by Crippen LogP contribution is 2.18. The van der Waals surface area contributed by atoms with E-state index in [0.29, 0.717) is 6.61 Å². The molecule has 0 amide bonds. The first-order valence-electron chi connectivity index (χ1n) is 6.39. The number of rotatable bonds is 6. The first-order chi connectivity index (χ1) is 9.20. The topological polar surface area (TPSA) is 64.9 Å². The second-order valence-electron chi connectivity index (χ2n) is 4.46. The predicted octanol–water partition coefficient (Wildman–Crippen LogP) is 1.81. The number of ether oxygens (including phenoxy) is 1. The lowest BCUT2D eigenvalue weighted by Gasteiger charge is -2.16. The number of tetrazole rings is 1. The number of benzene rings is 1. The van der Waals surface area contributed by atoms with Gasteiger partial charge in [-0.25, -0.2) is 4.68 Å². The average molecular weight is 261 g/mol. The molecule has 0 aliphatic heterocycles. The fourth-order valence-corrected chi connectivity index (χ4v) is 1.89. The lowest BCUT2D eigenvalue weighted by Crippen LogP contribution is -2.21. The molecule has 102 valence electrons. The summed E-state index contributed by atoms with van der Waals surface area (Å²) < 4.78 is 7.04. The smallest absolute Gasteiger partial charge is 0.143 e. The Balaban J connectivity index is 2.07. The van der Waals surface area contributed by atoms with Gasteiger partial charge in [0.05, 0.1) is 12.3 Å². The van der Waals surface area contributed by atoms with E-state index in [-0.39, 0.29) is 6.04 Å². The summed E-state index contributed by atoms with van der Waals surface area (Å²) in [4.78, 5) is 0. The average Bonchev–Trinajstić information content (AvgIpc) is 2.90. The van der Waals surface area contributed by atoms with Crippen molar-refractivity contribution in [3.05, 3.63) is 30.1 Å². The fourth-order valence-electron chi connectivity index (χ4n) is 1.89. The SMILES string of the molecule is CCOCC(C)Nc1ccc(-n2cnnn2)c(C)c1. The molecule has 0 saturated heterocycles. The molecular formula is C13H19N5O. The van der Waals surface area contributed by atoms with Gasteiger partial charge in [0.25, 0.3) is 0 Å². The van der Waals surface area contributed by atoms with Crippen molar-refractivity contribution >= 4 is 5.69 Å². The molecule has 19 heavy (non-hydrogen) atoms. The molecule has 0 aliphatic rings. The molecule has 2 rings (SSSR count). The number of nitrogens with zero attached hydrogens (tertiary/aromatic N) is 4. The third-order valence-corrected chi connectivity index (χ3v) is 2.78. The van der Waals surface area contributed by atoms with Crippen LogP contribution in [0.2, 0.25) is 0 Å². The van der Waals surface area contributed by atoms with Crippen molar-refractivity contribution in [2.24, 2.45) is 0 Å². The Morgan fingerprint density at radius 1 is 1.42 bits per heavy atom. The van der Waals surface area contributed by atoms with Crippen molar-refractivity contribution in [3.8, 4) is 5.69 Å². The van der Waals surface area contributed by atoms with E-state index in [1.165, 1.54) is 0 Å². The second-order valence-corrected chi connectivity index (χ2v) is 4.46. The molecule has 2 aromatic rings. The third-order valence-electron chi connectivity index (χ3n) is 2.78. The van der Waals surface area contributed by atoms with Gasteiger partial charge >= 0.3 is 0 Å². The molecule has 1 N–H and O–H groups in total. The van der Waals surface area contributed by atoms with Crippen LogP contribution in [-0.2, 0) is 4.74 Å². The van der Waals surface area contributed by atoms with Gasteiger partial charge < -0.3 is 10.1 Å². The van der Waals surface area contributed by atoms with Gasteiger partial charge in [-0.05, 0) is 55.0 Å². The minimum absolute atomic E-state index is 0.276. The summed E-state index contributed by atoms with van der Waals surface area (Å²) in [7, 11) is 0. The van der Waals surface area contributed by atoms with Crippen LogP contribution in [0.4, 0.5) is 5.69 Å². The van der Waals surface area contributed by atoms with Crippen molar-refractivity contribution in [1.29, 1.82) is 0 Å². The van der Waals surface area contributed by atoms with Gasteiger partial charge in [0.1, 0.15) is 6.33 Å². The number of aryl methyl sites for hydroxylation is 1. The van der Waals surface area contributed by atoms with Crippen LogP contribution in [0.5, 0.6) is 0 Å². The molecule has 0 bridgehead atoms. The van der Waals surface area contributed by atoms with Gasteiger partial charge in [-0.2, -0.15) is 0 Å². The molecule has 0 radical (unpaired) electrons. The van der Waals surface area contributed by atoms with Crippen molar-refractivity contribution in [1.82, 2.24) is 20.2 Å². The second kappa shape index (κ2) is 6.29. The molecule has 0 spiro atoms. The Labute approximate surface area is 112 Å². The van der Waals surface area contributed by atoms with E-state index in [1.54, 1.807) is 11.0 Å². The van der Waals surface area contributed by atoms with Gasteiger partial charge in [-0.1, -0.05) is 0 Å². The zero-order valence-electron chi connectivity index (χ0n) is 11.5. The highest BCUT2D eigenvalue weighted by atomic mass is 16.5. The van der Waals surface area contributed by atoms with Crippen LogP contribution in [0.3, 0.4) is 0 Å². The lowest BCUT2D eigenvalue weighted by atomic mass is 10.1. The van der Waals surface area contributed by atoms with Crippen LogP contribution < -0.4 is 5.32 Å². The van der Waals surface area contributed by atoms with Gasteiger partial charge in [-0.3, -0.25) is 0 Å². The number of hydrogen-bond acceptors (Lipinski definition) is 5. The maximum Gasteiger partial charge on any atom is 0.143 e. The quantitative estimate of drug-likeness (QED) is 0.859. The molecule has 1 aromatic heterocycles. The standard InChI is InChI=1S/C13H19N5O/c1-4-19-8-11(3)15-12-5-6-13(10(2)7-12)18-9-14-16-17-18/h5-7,9,11,15H,4,8H2,1-3H3. The van der Waals surface area contributed by atoms with E-state index >= 15 is 0 Å². The lowest BCUT2D eigenvalue weighted by molar-refractivity contribution is 0.141. The highest BCUT2D eigenvalue weighted by molar-refractivity contribution is 5.53. The Hall–Kier alpha value is -1.95. The summed E-state index contributed by atoms with van der Waals surface area (Å²) in [5.41, 5.74) is 3.16. The van der Waals surface area contributed by atoms with Crippen LogP contribution in [0.25, 0.3) is 5.69 Å². The molecular weight excluding hydrogens is 242 g/mol. The van der Waals surface area contributed by atoms with Crippen molar-refractivity contribution in [3.63, 3.8) is 0 Å². The zero-order valence-corrected chi connectivity index (χ0v) is 11.5. The van der Waals surface area contributed by atoms with Gasteiger partial charge in [0, 0.05) is 18.3 Å². The Kier molecular flexibility index (Phi) is 4.46. The molecule has 6 nitrogen and oxygen atoms in total. The van der Waals surface area contributed by atoms with Gasteiger partial charge in [0.15, 0.2) is 0 Å². The van der Waals surface area contributed by atoms with E-state index in [9.17, 15) is 0 Å². The van der Waals surface area contributed by atoms with Crippen molar-refractivity contribution in [2.45, 2.75) is 26.8 Å². The number of aromatic nitrogens is 4. The van der Waals surface area contributed by atoms with Gasteiger partial charge in [-0.15, -0.1) is 5.10 Å². The minimum atomic E-state index is 0.276. The van der Waals surface area contributed by atoms with E-state index in [1.807, 2.05) is 26.0 Å². The van der Waals surface area contributed by atoms with Crippen LogP contribution in [-0.4, -0.2) is 39.5 Å². The van der Waals surface area contributed by atoms with Crippen LogP contribution in [0.1, 0.15) is 19.4 Å². The number of nitrogens with one attached hydrogen (secondary N) is 1. The number of anilines is 1.